The number of nitrogens with zero attached hydrogens (tertiary/aromatic N) is 1. The highest BCUT2D eigenvalue weighted by Crippen LogP contribution is 2.50. The van der Waals surface area contributed by atoms with E-state index in [9.17, 15) is 9.59 Å². The SMILES string of the molecule is C/C=C(\CCCC(CCCCCCCC(=O)OCCC(CCCCC)CCCCC)OC(=O)CCCN(C)C)OCC12CCC(CC1)CC2. The molecule has 286 valence electrons. The molecule has 3 saturated carbocycles. The number of esters is 2. The molecule has 3 rings (SSSR count). The van der Waals surface area contributed by atoms with Crippen molar-refractivity contribution >= 4 is 11.9 Å². The maximum Gasteiger partial charge on any atom is 0.306 e. The topological polar surface area (TPSA) is 65.1 Å². The number of hydrogen-bond acceptors (Lipinski definition) is 6. The minimum Gasteiger partial charge on any atom is -0.498 e. The Labute approximate surface area is 303 Å². The van der Waals surface area contributed by atoms with E-state index in [1.54, 1.807) is 0 Å². The van der Waals surface area contributed by atoms with Crippen LogP contribution in [0, 0.1) is 17.3 Å². The van der Waals surface area contributed by atoms with Crippen molar-refractivity contribution in [2.45, 2.75) is 200 Å². The van der Waals surface area contributed by atoms with E-state index in [0.29, 0.717) is 30.8 Å². The van der Waals surface area contributed by atoms with Crippen LogP contribution in [0.4, 0.5) is 0 Å². The molecule has 2 bridgehead atoms. The first-order chi connectivity index (χ1) is 23.8. The van der Waals surface area contributed by atoms with E-state index in [1.165, 1.54) is 89.9 Å². The van der Waals surface area contributed by atoms with Crippen molar-refractivity contribution in [3.63, 3.8) is 0 Å². The highest BCUT2D eigenvalue weighted by Gasteiger charge is 2.41. The zero-order chi connectivity index (χ0) is 35.6. The number of hydrogen-bond donors (Lipinski definition) is 0. The molecule has 0 amide bonds. The van der Waals surface area contributed by atoms with Crippen LogP contribution in [0.3, 0.4) is 0 Å². The molecule has 1 atom stereocenters. The van der Waals surface area contributed by atoms with Crippen LogP contribution in [0.1, 0.15) is 194 Å². The first-order valence-corrected chi connectivity index (χ1v) is 21.1. The van der Waals surface area contributed by atoms with Crippen LogP contribution in [0.15, 0.2) is 11.8 Å². The summed E-state index contributed by atoms with van der Waals surface area (Å²) >= 11 is 0. The summed E-state index contributed by atoms with van der Waals surface area (Å²) in [5.41, 5.74) is 0.415. The number of unbranched alkanes of at least 4 members (excludes halogenated alkanes) is 8. The summed E-state index contributed by atoms with van der Waals surface area (Å²) in [4.78, 5) is 27.2. The van der Waals surface area contributed by atoms with E-state index < -0.39 is 0 Å². The van der Waals surface area contributed by atoms with Crippen molar-refractivity contribution in [3.8, 4) is 0 Å². The van der Waals surface area contributed by atoms with E-state index in [4.69, 9.17) is 14.2 Å². The predicted octanol–water partition coefficient (Wildman–Crippen LogP) is 11.7. The number of carbonyl (C=O) groups is 2. The number of rotatable bonds is 31. The molecule has 3 fully saturated rings. The van der Waals surface area contributed by atoms with Crippen molar-refractivity contribution in [2.24, 2.45) is 17.3 Å². The van der Waals surface area contributed by atoms with Gasteiger partial charge in [-0.2, -0.15) is 0 Å². The van der Waals surface area contributed by atoms with Crippen molar-refractivity contribution < 1.29 is 23.8 Å². The van der Waals surface area contributed by atoms with Gasteiger partial charge in [-0.15, -0.1) is 0 Å². The normalized spacial score (nSPS) is 19.8. The third kappa shape index (κ3) is 20.8. The Morgan fingerprint density at radius 1 is 0.694 bits per heavy atom. The van der Waals surface area contributed by atoms with E-state index >= 15 is 0 Å². The lowest BCUT2D eigenvalue weighted by atomic mass is 9.61. The van der Waals surface area contributed by atoms with Gasteiger partial charge in [-0.3, -0.25) is 9.59 Å². The van der Waals surface area contributed by atoms with Crippen LogP contribution in [0.2, 0.25) is 0 Å². The molecule has 0 saturated heterocycles. The van der Waals surface area contributed by atoms with E-state index in [-0.39, 0.29) is 18.0 Å². The zero-order valence-corrected chi connectivity index (χ0v) is 33.0. The second kappa shape index (κ2) is 27.1. The molecule has 0 aromatic heterocycles. The lowest BCUT2D eigenvalue weighted by Gasteiger charge is -2.46. The molecule has 1 unspecified atom stereocenters. The molecular weight excluding hydrogens is 610 g/mol. The maximum atomic E-state index is 12.7. The van der Waals surface area contributed by atoms with Crippen molar-refractivity contribution in [1.29, 1.82) is 0 Å². The Balaban J connectivity index is 1.64. The van der Waals surface area contributed by atoms with Gasteiger partial charge in [0, 0.05) is 24.7 Å². The summed E-state index contributed by atoms with van der Waals surface area (Å²) in [6, 6.07) is 0. The Kier molecular flexibility index (Phi) is 24.2. The van der Waals surface area contributed by atoms with Gasteiger partial charge in [0.25, 0.3) is 0 Å². The molecule has 6 nitrogen and oxygen atoms in total. The third-order valence-electron chi connectivity index (χ3n) is 11.5. The molecule has 0 spiro atoms. The van der Waals surface area contributed by atoms with Crippen LogP contribution in [-0.4, -0.2) is 56.8 Å². The maximum absolute atomic E-state index is 12.7. The van der Waals surface area contributed by atoms with E-state index in [0.717, 1.165) is 95.5 Å². The second-order valence-electron chi connectivity index (χ2n) is 16.1. The predicted molar refractivity (Wildman–Crippen MR) is 205 cm³/mol. The van der Waals surface area contributed by atoms with Gasteiger partial charge >= 0.3 is 11.9 Å². The van der Waals surface area contributed by atoms with Crippen LogP contribution >= 0.6 is 0 Å². The lowest BCUT2D eigenvalue weighted by molar-refractivity contribution is -0.150. The molecule has 49 heavy (non-hydrogen) atoms. The fourth-order valence-corrected chi connectivity index (χ4v) is 8.03. The Morgan fingerprint density at radius 2 is 1.29 bits per heavy atom. The molecule has 0 heterocycles. The first kappa shape index (κ1) is 43.6. The summed E-state index contributed by atoms with van der Waals surface area (Å²) < 4.78 is 18.1. The number of carbonyl (C=O) groups excluding carboxylic acids is 2. The second-order valence-corrected chi connectivity index (χ2v) is 16.1. The highest BCUT2D eigenvalue weighted by molar-refractivity contribution is 5.69. The minimum atomic E-state index is -0.0619. The summed E-state index contributed by atoms with van der Waals surface area (Å²) in [6.45, 7) is 8.97. The number of ether oxygens (including phenoxy) is 3. The quantitative estimate of drug-likeness (QED) is 0.0410. The molecule has 0 aromatic rings. The van der Waals surface area contributed by atoms with Crippen LogP contribution in [0.25, 0.3) is 0 Å². The monoisotopic (exact) mass is 690 g/mol. The number of fused-ring (bicyclic) bond motifs is 3. The van der Waals surface area contributed by atoms with Crippen molar-refractivity contribution in [2.75, 3.05) is 33.9 Å². The van der Waals surface area contributed by atoms with Crippen LogP contribution in [0.5, 0.6) is 0 Å². The van der Waals surface area contributed by atoms with E-state index in [1.807, 2.05) is 14.1 Å². The largest absolute Gasteiger partial charge is 0.498 e. The average Bonchev–Trinajstić information content (AvgIpc) is 3.09. The Hall–Kier alpha value is -1.56. The van der Waals surface area contributed by atoms with Gasteiger partial charge in [0.1, 0.15) is 6.10 Å². The standard InChI is InChI=1S/C43H79NO5/c1-6-9-14-20-37(21-15-10-7-2)30-35-47-41(45)25-17-13-11-12-16-22-40(49-42(46)26-19-34-44(4)5)24-18-23-39(8-3)48-36-43-31-27-38(28-32-43)29-33-43/h8,37-38,40H,6-7,9-36H2,1-5H3/b39-8+. The molecule has 3 aliphatic rings. The van der Waals surface area contributed by atoms with Crippen molar-refractivity contribution in [3.05, 3.63) is 11.8 Å². The fourth-order valence-electron chi connectivity index (χ4n) is 8.03. The van der Waals surface area contributed by atoms with E-state index in [2.05, 4.69) is 31.7 Å². The number of allylic oxidation sites excluding steroid dienone is 2. The molecule has 0 radical (unpaired) electrons. The van der Waals surface area contributed by atoms with Gasteiger partial charge in [0.2, 0.25) is 0 Å². The van der Waals surface area contributed by atoms with Gasteiger partial charge < -0.3 is 19.1 Å². The lowest BCUT2D eigenvalue weighted by Crippen LogP contribution is -2.37. The van der Waals surface area contributed by atoms with Crippen LogP contribution < -0.4 is 0 Å². The summed E-state index contributed by atoms with van der Waals surface area (Å²) in [5.74, 6) is 2.69. The van der Waals surface area contributed by atoms with Gasteiger partial charge in [-0.05, 0) is 129 Å². The molecule has 0 aliphatic heterocycles. The Bertz CT molecular complexity index is 854. The molecule has 3 aliphatic carbocycles. The summed E-state index contributed by atoms with van der Waals surface area (Å²) in [7, 11) is 4.08. The smallest absolute Gasteiger partial charge is 0.306 e. The fraction of sp³-hybridized carbons (Fsp3) is 0.907. The van der Waals surface area contributed by atoms with Gasteiger partial charge in [0.05, 0.1) is 19.0 Å². The zero-order valence-electron chi connectivity index (χ0n) is 33.0. The first-order valence-electron chi connectivity index (χ1n) is 21.1. The van der Waals surface area contributed by atoms with Gasteiger partial charge in [0.15, 0.2) is 0 Å². The van der Waals surface area contributed by atoms with Crippen molar-refractivity contribution in [1.82, 2.24) is 4.90 Å². The average molecular weight is 690 g/mol. The van der Waals surface area contributed by atoms with Crippen LogP contribution in [-0.2, 0) is 23.8 Å². The third-order valence-corrected chi connectivity index (χ3v) is 11.5. The summed E-state index contributed by atoms with van der Waals surface area (Å²) in [5, 5.41) is 0. The Morgan fingerprint density at radius 3 is 1.92 bits per heavy atom. The molecular formula is C43H79NO5. The molecule has 0 aromatic carbocycles. The minimum absolute atomic E-state index is 0.0278. The van der Waals surface area contributed by atoms with Gasteiger partial charge in [-0.1, -0.05) is 84.5 Å². The highest BCUT2D eigenvalue weighted by atomic mass is 16.5. The molecule has 6 heteroatoms. The molecule has 0 N–H and O–H groups in total. The van der Waals surface area contributed by atoms with Gasteiger partial charge in [-0.25, -0.2) is 0 Å². The summed E-state index contributed by atoms with van der Waals surface area (Å²) in [6.07, 6.45) is 32.3.